The molecule has 146 valence electrons. The van der Waals surface area contributed by atoms with Crippen LogP contribution in [-0.4, -0.2) is 22.5 Å². The summed E-state index contributed by atoms with van der Waals surface area (Å²) in [5, 5.41) is 2.90. The first-order chi connectivity index (χ1) is 14.2. The molecular formula is C23H21N3O3. The predicted molar refractivity (Wildman–Crippen MR) is 112 cm³/mol. The Morgan fingerprint density at radius 3 is 2.76 bits per heavy atom. The van der Waals surface area contributed by atoms with Crippen LogP contribution in [0, 0.1) is 0 Å². The lowest BCUT2D eigenvalue weighted by Gasteiger charge is -2.09. The monoisotopic (exact) mass is 387 g/mol. The molecule has 0 atom stereocenters. The van der Waals surface area contributed by atoms with Crippen molar-refractivity contribution in [1.82, 2.24) is 9.97 Å². The lowest BCUT2D eigenvalue weighted by atomic mass is 10.1. The van der Waals surface area contributed by atoms with Crippen molar-refractivity contribution in [3.63, 3.8) is 0 Å². The average Bonchev–Trinajstić information content (AvgIpc) is 3.19. The smallest absolute Gasteiger partial charge is 0.255 e. The van der Waals surface area contributed by atoms with Gasteiger partial charge >= 0.3 is 0 Å². The Labute approximate surface area is 168 Å². The first kappa shape index (κ1) is 18.7. The Kier molecular flexibility index (Phi) is 5.52. The van der Waals surface area contributed by atoms with Gasteiger partial charge in [0.25, 0.3) is 5.91 Å². The summed E-state index contributed by atoms with van der Waals surface area (Å²) in [7, 11) is 0. The Morgan fingerprint density at radius 2 is 1.97 bits per heavy atom. The topological polar surface area (TPSA) is 77.2 Å². The number of amides is 1. The molecule has 0 aliphatic carbocycles. The highest BCUT2D eigenvalue weighted by Gasteiger charge is 2.10. The third kappa shape index (κ3) is 4.43. The van der Waals surface area contributed by atoms with Gasteiger partial charge in [0.2, 0.25) is 5.89 Å². The number of hydrogen-bond acceptors (Lipinski definition) is 5. The molecule has 6 nitrogen and oxygen atoms in total. The van der Waals surface area contributed by atoms with E-state index >= 15 is 0 Å². The van der Waals surface area contributed by atoms with Gasteiger partial charge in [0, 0.05) is 23.0 Å². The normalized spacial score (nSPS) is 10.8. The number of aromatic nitrogens is 2. The number of anilines is 1. The van der Waals surface area contributed by atoms with E-state index in [0.717, 1.165) is 18.4 Å². The van der Waals surface area contributed by atoms with Gasteiger partial charge in [-0.2, -0.15) is 4.98 Å². The van der Waals surface area contributed by atoms with E-state index in [1.807, 2.05) is 42.5 Å². The summed E-state index contributed by atoms with van der Waals surface area (Å²) in [5.74, 6) is 1.00. The zero-order valence-electron chi connectivity index (χ0n) is 16.1. The number of carbonyl (C=O) groups is 1. The zero-order chi connectivity index (χ0) is 20.1. The highest BCUT2D eigenvalue weighted by atomic mass is 16.5. The van der Waals surface area contributed by atoms with Crippen LogP contribution in [0.25, 0.3) is 22.7 Å². The maximum Gasteiger partial charge on any atom is 0.255 e. The van der Waals surface area contributed by atoms with E-state index in [0.29, 0.717) is 40.7 Å². The predicted octanol–water partition coefficient (Wildman–Crippen LogP) is 5.32. The number of pyridine rings is 1. The molecule has 0 unspecified atom stereocenters. The molecule has 0 aliphatic rings. The van der Waals surface area contributed by atoms with Crippen molar-refractivity contribution in [2.75, 3.05) is 11.9 Å². The van der Waals surface area contributed by atoms with E-state index < -0.39 is 0 Å². The van der Waals surface area contributed by atoms with Gasteiger partial charge in [0.15, 0.2) is 11.2 Å². The molecule has 1 N–H and O–H groups in total. The van der Waals surface area contributed by atoms with Crippen molar-refractivity contribution in [3.05, 3.63) is 72.4 Å². The molecule has 0 radical (unpaired) electrons. The molecule has 0 fully saturated rings. The molecule has 4 aromatic rings. The molecule has 0 saturated carbocycles. The molecule has 6 heteroatoms. The molecule has 0 bridgehead atoms. The summed E-state index contributed by atoms with van der Waals surface area (Å²) < 4.78 is 11.4. The summed E-state index contributed by atoms with van der Waals surface area (Å²) in [6.45, 7) is 2.76. The quantitative estimate of drug-likeness (QED) is 0.434. The van der Waals surface area contributed by atoms with Crippen molar-refractivity contribution in [1.29, 1.82) is 0 Å². The van der Waals surface area contributed by atoms with Crippen LogP contribution in [0.15, 0.2) is 71.3 Å². The maximum atomic E-state index is 12.6. The van der Waals surface area contributed by atoms with Crippen molar-refractivity contribution < 1.29 is 13.9 Å². The number of benzene rings is 2. The fourth-order valence-corrected chi connectivity index (χ4v) is 2.85. The summed E-state index contributed by atoms with van der Waals surface area (Å²) in [4.78, 5) is 21.1. The highest BCUT2D eigenvalue weighted by molar-refractivity contribution is 6.04. The van der Waals surface area contributed by atoms with Gasteiger partial charge in [-0.25, -0.2) is 4.98 Å². The molecule has 0 spiro atoms. The Bertz CT molecular complexity index is 1090. The van der Waals surface area contributed by atoms with E-state index in [9.17, 15) is 4.79 Å². The lowest BCUT2D eigenvalue weighted by Crippen LogP contribution is -2.12. The highest BCUT2D eigenvalue weighted by Crippen LogP contribution is 2.24. The minimum Gasteiger partial charge on any atom is -0.494 e. The molecule has 4 rings (SSSR count). The van der Waals surface area contributed by atoms with E-state index in [4.69, 9.17) is 9.15 Å². The van der Waals surface area contributed by atoms with Crippen LogP contribution < -0.4 is 10.1 Å². The number of nitrogens with zero attached hydrogens (tertiary/aromatic N) is 2. The Balaban J connectivity index is 1.44. The SMILES string of the molecule is CCCCOc1cccc(C(=O)Nc2ccc(-c3nc4ncccc4o3)cc2)c1. The average molecular weight is 387 g/mol. The number of hydrogen-bond donors (Lipinski definition) is 1. The molecule has 2 heterocycles. The fraction of sp³-hybridized carbons (Fsp3) is 0.174. The third-order valence-electron chi connectivity index (χ3n) is 4.42. The second kappa shape index (κ2) is 8.56. The largest absolute Gasteiger partial charge is 0.494 e. The minimum absolute atomic E-state index is 0.190. The second-order valence-corrected chi connectivity index (χ2v) is 6.61. The standard InChI is InChI=1S/C23H21N3O3/c1-2-3-14-28-19-7-4-6-17(15-19)22(27)25-18-11-9-16(10-12-18)23-26-21-20(29-23)8-5-13-24-21/h4-13,15H,2-3,14H2,1H3,(H,25,27). The van der Waals surface area contributed by atoms with Crippen LogP contribution >= 0.6 is 0 Å². The number of carbonyl (C=O) groups excluding carboxylic acids is 1. The van der Waals surface area contributed by atoms with Crippen molar-refractivity contribution in [3.8, 4) is 17.2 Å². The van der Waals surface area contributed by atoms with Gasteiger partial charge in [0.05, 0.1) is 6.61 Å². The minimum atomic E-state index is -0.190. The molecule has 0 aliphatic heterocycles. The van der Waals surface area contributed by atoms with Crippen LogP contribution in [0.4, 0.5) is 5.69 Å². The molecule has 29 heavy (non-hydrogen) atoms. The second-order valence-electron chi connectivity index (χ2n) is 6.61. The number of nitrogens with one attached hydrogen (secondary N) is 1. The van der Waals surface area contributed by atoms with E-state index in [1.165, 1.54) is 0 Å². The van der Waals surface area contributed by atoms with E-state index in [-0.39, 0.29) is 5.91 Å². The van der Waals surface area contributed by atoms with E-state index in [1.54, 1.807) is 24.4 Å². The molecule has 1 amide bonds. The number of oxazole rings is 1. The van der Waals surface area contributed by atoms with Gasteiger partial charge in [0.1, 0.15) is 5.75 Å². The number of rotatable bonds is 7. The molecular weight excluding hydrogens is 366 g/mol. The van der Waals surface area contributed by atoms with Crippen LogP contribution in [0.5, 0.6) is 5.75 Å². The number of ether oxygens (including phenoxy) is 1. The lowest BCUT2D eigenvalue weighted by molar-refractivity contribution is 0.102. The number of fused-ring (bicyclic) bond motifs is 1. The summed E-state index contributed by atoms with van der Waals surface area (Å²) in [5.41, 5.74) is 3.26. The molecule has 2 aromatic heterocycles. The van der Waals surface area contributed by atoms with Crippen molar-refractivity contribution >= 4 is 22.8 Å². The van der Waals surface area contributed by atoms with Gasteiger partial charge < -0.3 is 14.5 Å². The Morgan fingerprint density at radius 1 is 1.10 bits per heavy atom. The molecule has 2 aromatic carbocycles. The van der Waals surface area contributed by atoms with Gasteiger partial charge in [-0.1, -0.05) is 19.4 Å². The van der Waals surface area contributed by atoms with E-state index in [2.05, 4.69) is 22.2 Å². The Hall–Kier alpha value is -3.67. The first-order valence-corrected chi connectivity index (χ1v) is 9.59. The van der Waals surface area contributed by atoms with Gasteiger partial charge in [-0.05, 0) is 61.0 Å². The van der Waals surface area contributed by atoms with Crippen LogP contribution in [-0.2, 0) is 0 Å². The van der Waals surface area contributed by atoms with Crippen molar-refractivity contribution in [2.24, 2.45) is 0 Å². The zero-order valence-corrected chi connectivity index (χ0v) is 16.1. The third-order valence-corrected chi connectivity index (χ3v) is 4.42. The van der Waals surface area contributed by atoms with Crippen LogP contribution in [0.3, 0.4) is 0 Å². The maximum absolute atomic E-state index is 12.6. The molecule has 0 saturated heterocycles. The van der Waals surface area contributed by atoms with Gasteiger partial charge in [-0.3, -0.25) is 4.79 Å². The summed E-state index contributed by atoms with van der Waals surface area (Å²) in [6, 6.07) is 18.2. The summed E-state index contributed by atoms with van der Waals surface area (Å²) in [6.07, 6.45) is 3.73. The van der Waals surface area contributed by atoms with Crippen molar-refractivity contribution in [2.45, 2.75) is 19.8 Å². The van der Waals surface area contributed by atoms with Crippen LogP contribution in [0.2, 0.25) is 0 Å². The summed E-state index contributed by atoms with van der Waals surface area (Å²) >= 11 is 0. The fourth-order valence-electron chi connectivity index (χ4n) is 2.85. The number of unbranched alkanes of at least 4 members (excludes halogenated alkanes) is 1. The van der Waals surface area contributed by atoms with Gasteiger partial charge in [-0.15, -0.1) is 0 Å². The first-order valence-electron chi connectivity index (χ1n) is 9.59. The van der Waals surface area contributed by atoms with Crippen LogP contribution in [0.1, 0.15) is 30.1 Å².